The molecule has 1 aliphatic rings. The van der Waals surface area contributed by atoms with Crippen LogP contribution in [0.1, 0.15) is 33.1 Å². The molecule has 0 atom stereocenters. The minimum atomic E-state index is 0.931. The monoisotopic (exact) mass is 140 g/mol. The largest absolute Gasteiger partial charge is 0.381 e. The lowest BCUT2D eigenvalue weighted by atomic mass is 10.0. The SMILES string of the molecule is CC(C)=C1CCCOCC1. The fraction of sp³-hybridized carbons (Fsp3) is 0.778. The van der Waals surface area contributed by atoms with Crippen molar-refractivity contribution in [3.8, 4) is 0 Å². The average molecular weight is 140 g/mol. The minimum Gasteiger partial charge on any atom is -0.381 e. The van der Waals surface area contributed by atoms with Crippen molar-refractivity contribution < 1.29 is 4.74 Å². The molecule has 0 aromatic rings. The molecule has 1 rings (SSSR count). The van der Waals surface area contributed by atoms with Gasteiger partial charge in [0.15, 0.2) is 0 Å². The Morgan fingerprint density at radius 1 is 1.20 bits per heavy atom. The average Bonchev–Trinajstić information content (AvgIpc) is 2.12. The molecular formula is C9H16O. The van der Waals surface area contributed by atoms with Gasteiger partial charge in [-0.25, -0.2) is 0 Å². The third-order valence-electron chi connectivity index (χ3n) is 2.02. The number of ether oxygens (including phenoxy) is 1. The third-order valence-corrected chi connectivity index (χ3v) is 2.02. The summed E-state index contributed by atoms with van der Waals surface area (Å²) >= 11 is 0. The topological polar surface area (TPSA) is 9.23 Å². The number of hydrogen-bond acceptors (Lipinski definition) is 1. The van der Waals surface area contributed by atoms with Crippen molar-refractivity contribution in [1.82, 2.24) is 0 Å². The molecule has 1 heterocycles. The highest BCUT2D eigenvalue weighted by Crippen LogP contribution is 2.17. The number of allylic oxidation sites excluding steroid dienone is 1. The minimum absolute atomic E-state index is 0.931. The summed E-state index contributed by atoms with van der Waals surface area (Å²) < 4.78 is 5.34. The van der Waals surface area contributed by atoms with E-state index in [0.29, 0.717) is 0 Å². The molecule has 0 saturated carbocycles. The van der Waals surface area contributed by atoms with Crippen LogP contribution in [0.5, 0.6) is 0 Å². The van der Waals surface area contributed by atoms with Gasteiger partial charge in [0.1, 0.15) is 0 Å². The van der Waals surface area contributed by atoms with Crippen molar-refractivity contribution in [3.05, 3.63) is 11.1 Å². The van der Waals surface area contributed by atoms with E-state index in [1.54, 1.807) is 5.57 Å². The lowest BCUT2D eigenvalue weighted by Crippen LogP contribution is -1.90. The summed E-state index contributed by atoms with van der Waals surface area (Å²) in [6.07, 6.45) is 3.62. The molecule has 0 unspecified atom stereocenters. The zero-order valence-electron chi connectivity index (χ0n) is 6.94. The van der Waals surface area contributed by atoms with Gasteiger partial charge in [-0.2, -0.15) is 0 Å². The van der Waals surface area contributed by atoms with Gasteiger partial charge in [0, 0.05) is 6.61 Å². The van der Waals surface area contributed by atoms with E-state index < -0.39 is 0 Å². The summed E-state index contributed by atoms with van der Waals surface area (Å²) in [7, 11) is 0. The first-order chi connectivity index (χ1) is 4.80. The van der Waals surface area contributed by atoms with Crippen molar-refractivity contribution in [2.45, 2.75) is 33.1 Å². The third kappa shape index (κ3) is 2.14. The first-order valence-electron chi connectivity index (χ1n) is 4.03. The second kappa shape index (κ2) is 3.77. The molecule has 1 aliphatic heterocycles. The van der Waals surface area contributed by atoms with Crippen LogP contribution in [-0.4, -0.2) is 13.2 Å². The van der Waals surface area contributed by atoms with E-state index in [4.69, 9.17) is 4.74 Å². The lowest BCUT2D eigenvalue weighted by molar-refractivity contribution is 0.146. The number of rotatable bonds is 0. The van der Waals surface area contributed by atoms with E-state index in [1.165, 1.54) is 18.4 Å². The normalized spacial score (nSPS) is 20.4. The van der Waals surface area contributed by atoms with Gasteiger partial charge >= 0.3 is 0 Å². The van der Waals surface area contributed by atoms with Gasteiger partial charge in [-0.05, 0) is 33.1 Å². The van der Waals surface area contributed by atoms with Crippen molar-refractivity contribution in [2.24, 2.45) is 0 Å². The molecule has 0 aromatic carbocycles. The van der Waals surface area contributed by atoms with Crippen LogP contribution >= 0.6 is 0 Å². The van der Waals surface area contributed by atoms with E-state index in [9.17, 15) is 0 Å². The summed E-state index contributed by atoms with van der Waals surface area (Å²) in [5.74, 6) is 0. The second-order valence-corrected chi connectivity index (χ2v) is 3.07. The molecule has 0 spiro atoms. The maximum atomic E-state index is 5.34. The molecule has 0 bridgehead atoms. The first-order valence-corrected chi connectivity index (χ1v) is 4.03. The summed E-state index contributed by atoms with van der Waals surface area (Å²) in [4.78, 5) is 0. The van der Waals surface area contributed by atoms with E-state index in [1.807, 2.05) is 0 Å². The lowest BCUT2D eigenvalue weighted by Gasteiger charge is -2.02. The fourth-order valence-electron chi connectivity index (χ4n) is 1.31. The summed E-state index contributed by atoms with van der Waals surface area (Å²) in [6, 6.07) is 0. The molecule has 1 nitrogen and oxygen atoms in total. The highest BCUT2D eigenvalue weighted by atomic mass is 16.5. The maximum absolute atomic E-state index is 5.34. The van der Waals surface area contributed by atoms with Gasteiger partial charge in [0.05, 0.1) is 6.61 Å². The van der Waals surface area contributed by atoms with Crippen molar-refractivity contribution in [2.75, 3.05) is 13.2 Å². The van der Waals surface area contributed by atoms with Crippen LogP contribution in [0.3, 0.4) is 0 Å². The quantitative estimate of drug-likeness (QED) is 0.470. The van der Waals surface area contributed by atoms with Crippen LogP contribution in [0.15, 0.2) is 11.1 Å². The standard InChI is InChI=1S/C9H16O/c1-8(2)9-4-3-6-10-7-5-9/h3-7H2,1-2H3. The van der Waals surface area contributed by atoms with Gasteiger partial charge in [-0.3, -0.25) is 0 Å². The molecule has 1 fully saturated rings. The van der Waals surface area contributed by atoms with Crippen molar-refractivity contribution in [3.63, 3.8) is 0 Å². The summed E-state index contributed by atoms with van der Waals surface area (Å²) in [5, 5.41) is 0. The number of hydrogen-bond donors (Lipinski definition) is 0. The van der Waals surface area contributed by atoms with Crippen LogP contribution in [-0.2, 0) is 4.74 Å². The molecule has 0 amide bonds. The molecule has 1 heteroatoms. The van der Waals surface area contributed by atoms with E-state index >= 15 is 0 Å². The highest BCUT2D eigenvalue weighted by Gasteiger charge is 2.04. The molecule has 0 aliphatic carbocycles. The van der Waals surface area contributed by atoms with Crippen LogP contribution in [0.25, 0.3) is 0 Å². The Kier molecular flexibility index (Phi) is 2.94. The Balaban J connectivity index is 2.51. The molecule has 0 aromatic heterocycles. The van der Waals surface area contributed by atoms with Crippen LogP contribution in [0, 0.1) is 0 Å². The molecule has 0 N–H and O–H groups in total. The zero-order valence-corrected chi connectivity index (χ0v) is 6.94. The predicted molar refractivity (Wildman–Crippen MR) is 43.0 cm³/mol. The van der Waals surface area contributed by atoms with Crippen LogP contribution in [0.4, 0.5) is 0 Å². The maximum Gasteiger partial charge on any atom is 0.0503 e. The van der Waals surface area contributed by atoms with Crippen molar-refractivity contribution >= 4 is 0 Å². The van der Waals surface area contributed by atoms with Gasteiger partial charge in [0.2, 0.25) is 0 Å². The first kappa shape index (κ1) is 7.80. The molecule has 0 radical (unpaired) electrons. The van der Waals surface area contributed by atoms with E-state index in [0.717, 1.165) is 19.6 Å². The smallest absolute Gasteiger partial charge is 0.0503 e. The van der Waals surface area contributed by atoms with Crippen LogP contribution in [0.2, 0.25) is 0 Å². The van der Waals surface area contributed by atoms with E-state index in [-0.39, 0.29) is 0 Å². The van der Waals surface area contributed by atoms with Gasteiger partial charge in [-0.1, -0.05) is 11.1 Å². The molecule has 58 valence electrons. The van der Waals surface area contributed by atoms with Gasteiger partial charge < -0.3 is 4.74 Å². The molecule has 1 saturated heterocycles. The highest BCUT2D eigenvalue weighted by molar-refractivity contribution is 5.10. The van der Waals surface area contributed by atoms with Gasteiger partial charge in [-0.15, -0.1) is 0 Å². The zero-order chi connectivity index (χ0) is 7.40. The Morgan fingerprint density at radius 2 is 2.00 bits per heavy atom. The van der Waals surface area contributed by atoms with Gasteiger partial charge in [0.25, 0.3) is 0 Å². The van der Waals surface area contributed by atoms with Crippen molar-refractivity contribution in [1.29, 1.82) is 0 Å². The predicted octanol–water partition coefficient (Wildman–Crippen LogP) is 2.52. The summed E-state index contributed by atoms with van der Waals surface area (Å²) in [5.41, 5.74) is 3.10. The molecular weight excluding hydrogens is 124 g/mol. The Hall–Kier alpha value is -0.300. The Bertz CT molecular complexity index is 122. The van der Waals surface area contributed by atoms with Crippen LogP contribution < -0.4 is 0 Å². The fourth-order valence-corrected chi connectivity index (χ4v) is 1.31. The second-order valence-electron chi connectivity index (χ2n) is 3.07. The van der Waals surface area contributed by atoms with E-state index in [2.05, 4.69) is 13.8 Å². The summed E-state index contributed by atoms with van der Waals surface area (Å²) in [6.45, 7) is 6.28. The Labute approximate surface area is 63.1 Å². The Morgan fingerprint density at radius 3 is 2.70 bits per heavy atom. The molecule has 10 heavy (non-hydrogen) atoms.